The van der Waals surface area contributed by atoms with E-state index >= 15 is 0 Å². The van der Waals surface area contributed by atoms with Gasteiger partial charge < -0.3 is 41.2 Å². The van der Waals surface area contributed by atoms with Gasteiger partial charge in [-0.3, -0.25) is 28.9 Å². The standard InChI is InChI=1S/C51H78N6O10/c1-11-12-24-38(54-48(63)41(29-35-20-15-13-16-21-35)52-37-25-19-26-57(45(37)34(6)58)50(65)67-51(7,8)9)46(61)55-39(27-32(2)3)43(59)31-44(60)53-40(28-33(4)5)47(62)56-42(49(64)66-10)30-36-22-17-14-18-23-36/h13-18,20-23,32-33,37-43,45,52,59H,11-12,19,24-31H2,1-10H3,(H,53,60)(H,54,63)(H,55,61)(H,56,62)/t37?,38-,39-,40-,41-,42-,43-,45?/m0/s1. The van der Waals surface area contributed by atoms with Gasteiger partial charge in [0.1, 0.15) is 29.8 Å². The summed E-state index contributed by atoms with van der Waals surface area (Å²) >= 11 is 0. The van der Waals surface area contributed by atoms with Crippen molar-refractivity contribution in [1.82, 2.24) is 31.5 Å². The number of methoxy groups -OCH3 is 1. The Kier molecular flexibility index (Phi) is 22.9. The number of nitrogens with zero attached hydrogens (tertiary/aromatic N) is 1. The van der Waals surface area contributed by atoms with Gasteiger partial charge in [-0.1, -0.05) is 108 Å². The Hall–Kier alpha value is -5.35. The zero-order valence-electron chi connectivity index (χ0n) is 41.4. The van der Waals surface area contributed by atoms with Crippen LogP contribution < -0.4 is 26.6 Å². The molecule has 0 saturated carbocycles. The van der Waals surface area contributed by atoms with Crippen molar-refractivity contribution in [2.24, 2.45) is 11.8 Å². The monoisotopic (exact) mass is 935 g/mol. The Bertz CT molecular complexity index is 1910. The second-order valence-electron chi connectivity index (χ2n) is 19.6. The van der Waals surface area contributed by atoms with Crippen molar-refractivity contribution < 1.29 is 48.1 Å². The molecule has 16 heteroatoms. The molecule has 1 saturated heterocycles. The lowest BCUT2D eigenvalue weighted by Crippen LogP contribution is -2.63. The highest BCUT2D eigenvalue weighted by Gasteiger charge is 2.41. The number of likely N-dealkylation sites (tertiary alicyclic amines) is 1. The van der Waals surface area contributed by atoms with Crippen molar-refractivity contribution in [3.63, 3.8) is 0 Å². The minimum Gasteiger partial charge on any atom is -0.467 e. The van der Waals surface area contributed by atoms with Crippen LogP contribution in [-0.2, 0) is 51.1 Å². The molecule has 1 fully saturated rings. The quantitative estimate of drug-likeness (QED) is 0.0733. The number of carbonyl (C=O) groups is 7. The fraction of sp³-hybridized carbons (Fsp3) is 0.627. The molecule has 372 valence electrons. The van der Waals surface area contributed by atoms with Crippen molar-refractivity contribution in [2.45, 2.75) is 181 Å². The minimum atomic E-state index is -1.37. The fourth-order valence-electron chi connectivity index (χ4n) is 8.33. The number of amides is 5. The molecule has 6 N–H and O–H groups in total. The maximum absolute atomic E-state index is 14.5. The zero-order valence-corrected chi connectivity index (χ0v) is 41.4. The summed E-state index contributed by atoms with van der Waals surface area (Å²) in [4.78, 5) is 96.7. The predicted octanol–water partition coefficient (Wildman–Crippen LogP) is 4.93. The number of piperidine rings is 1. The summed E-state index contributed by atoms with van der Waals surface area (Å²) in [6, 6.07) is 12.1. The molecule has 1 aliphatic heterocycles. The third-order valence-corrected chi connectivity index (χ3v) is 11.5. The van der Waals surface area contributed by atoms with Crippen LogP contribution in [0.4, 0.5) is 4.79 Å². The Balaban J connectivity index is 1.82. The number of hydrogen-bond donors (Lipinski definition) is 6. The van der Waals surface area contributed by atoms with Gasteiger partial charge in [0.15, 0.2) is 5.78 Å². The summed E-state index contributed by atoms with van der Waals surface area (Å²) in [5.74, 6) is -3.16. The lowest BCUT2D eigenvalue weighted by atomic mass is 9.91. The van der Waals surface area contributed by atoms with E-state index in [4.69, 9.17) is 9.47 Å². The van der Waals surface area contributed by atoms with Gasteiger partial charge in [-0.05, 0) is 89.2 Å². The largest absolute Gasteiger partial charge is 0.467 e. The van der Waals surface area contributed by atoms with Gasteiger partial charge >= 0.3 is 12.1 Å². The van der Waals surface area contributed by atoms with E-state index in [2.05, 4.69) is 26.6 Å². The van der Waals surface area contributed by atoms with Crippen LogP contribution in [-0.4, -0.2) is 119 Å². The molecule has 8 atom stereocenters. The number of nitrogens with one attached hydrogen (secondary N) is 5. The normalized spacial score (nSPS) is 17.8. The SMILES string of the molecule is CCCC[C@H](NC(=O)[C@H](Cc1ccccc1)NC1CCCN(C(=O)OC(C)(C)C)C1C(C)=O)C(=O)N[C@@H](CC(C)C)[C@@H](O)CC(=O)N[C@@H](CC(C)C)C(=O)N[C@@H](Cc1ccccc1)C(=O)OC. The van der Waals surface area contributed by atoms with Crippen molar-refractivity contribution in [2.75, 3.05) is 13.7 Å². The predicted molar refractivity (Wildman–Crippen MR) is 256 cm³/mol. The summed E-state index contributed by atoms with van der Waals surface area (Å²) in [5, 5.41) is 26.4. The van der Waals surface area contributed by atoms with E-state index in [1.165, 1.54) is 18.9 Å². The molecular weight excluding hydrogens is 857 g/mol. The second kappa shape index (κ2) is 27.5. The molecule has 0 aromatic heterocycles. The number of ether oxygens (including phenoxy) is 2. The number of aliphatic hydroxyl groups is 1. The molecule has 2 aromatic rings. The Labute approximate surface area is 397 Å². The zero-order chi connectivity index (χ0) is 49.8. The highest BCUT2D eigenvalue weighted by molar-refractivity contribution is 5.92. The molecular formula is C51H78N6O10. The molecule has 16 nitrogen and oxygen atoms in total. The smallest absolute Gasteiger partial charge is 0.410 e. The summed E-state index contributed by atoms with van der Waals surface area (Å²) in [6.45, 7) is 16.6. The first-order valence-electron chi connectivity index (χ1n) is 23.9. The lowest BCUT2D eigenvalue weighted by molar-refractivity contribution is -0.145. The Morgan fingerprint density at radius 3 is 1.81 bits per heavy atom. The van der Waals surface area contributed by atoms with E-state index < -0.39 is 96.1 Å². The van der Waals surface area contributed by atoms with Crippen LogP contribution in [0.5, 0.6) is 0 Å². The van der Waals surface area contributed by atoms with Crippen LogP contribution in [0.1, 0.15) is 125 Å². The van der Waals surface area contributed by atoms with Gasteiger partial charge in [0.2, 0.25) is 23.6 Å². The highest BCUT2D eigenvalue weighted by atomic mass is 16.6. The number of unbranched alkanes of at least 4 members (excludes halogenated alkanes) is 1. The van der Waals surface area contributed by atoms with Gasteiger partial charge in [0, 0.05) is 19.0 Å². The first-order valence-corrected chi connectivity index (χ1v) is 23.9. The number of rotatable bonds is 25. The molecule has 67 heavy (non-hydrogen) atoms. The van der Waals surface area contributed by atoms with Crippen molar-refractivity contribution in [1.29, 1.82) is 0 Å². The van der Waals surface area contributed by atoms with Crippen molar-refractivity contribution in [3.8, 4) is 0 Å². The average Bonchev–Trinajstić information content (AvgIpc) is 3.26. The first-order chi connectivity index (χ1) is 31.6. The van der Waals surface area contributed by atoms with Crippen LogP contribution >= 0.6 is 0 Å². The lowest BCUT2D eigenvalue weighted by Gasteiger charge is -2.42. The maximum atomic E-state index is 14.5. The van der Waals surface area contributed by atoms with E-state index in [0.29, 0.717) is 32.2 Å². The Morgan fingerprint density at radius 1 is 0.746 bits per heavy atom. The molecule has 1 heterocycles. The van der Waals surface area contributed by atoms with Gasteiger partial charge in [0.25, 0.3) is 0 Å². The summed E-state index contributed by atoms with van der Waals surface area (Å²) in [7, 11) is 1.24. The summed E-state index contributed by atoms with van der Waals surface area (Å²) in [5.41, 5.74) is 0.861. The second-order valence-corrected chi connectivity index (χ2v) is 19.6. The van der Waals surface area contributed by atoms with Gasteiger partial charge in [-0.25, -0.2) is 9.59 Å². The van der Waals surface area contributed by atoms with Crippen LogP contribution in [0.2, 0.25) is 0 Å². The van der Waals surface area contributed by atoms with Crippen molar-refractivity contribution in [3.05, 3.63) is 71.8 Å². The number of ketones is 1. The molecule has 2 unspecified atom stereocenters. The number of hydrogen-bond acceptors (Lipinski definition) is 11. The van der Waals surface area contributed by atoms with Crippen LogP contribution in [0, 0.1) is 11.8 Å². The third-order valence-electron chi connectivity index (χ3n) is 11.5. The minimum absolute atomic E-state index is 0.0181. The third kappa shape index (κ3) is 19.4. The van der Waals surface area contributed by atoms with Gasteiger partial charge in [-0.15, -0.1) is 0 Å². The molecule has 5 amide bonds. The van der Waals surface area contributed by atoms with Crippen molar-refractivity contribution >= 4 is 41.5 Å². The molecule has 0 spiro atoms. The number of esters is 1. The molecule has 1 aliphatic rings. The summed E-state index contributed by atoms with van der Waals surface area (Å²) < 4.78 is 10.6. The first kappa shape index (κ1) is 56.0. The van der Waals surface area contributed by atoms with Crippen LogP contribution in [0.3, 0.4) is 0 Å². The van der Waals surface area contributed by atoms with E-state index in [1.807, 2.05) is 95.3 Å². The van der Waals surface area contributed by atoms with E-state index in [-0.39, 0.29) is 43.3 Å². The number of Topliss-reactive ketones (excluding diaryl/α,β-unsaturated/α-hetero) is 1. The topological polar surface area (TPSA) is 222 Å². The molecule has 0 aliphatic carbocycles. The van der Waals surface area contributed by atoms with Gasteiger partial charge in [-0.2, -0.15) is 0 Å². The highest BCUT2D eigenvalue weighted by Crippen LogP contribution is 2.23. The van der Waals surface area contributed by atoms with Gasteiger partial charge in [0.05, 0.1) is 31.7 Å². The average molecular weight is 935 g/mol. The Morgan fingerprint density at radius 2 is 1.28 bits per heavy atom. The van der Waals surface area contributed by atoms with E-state index in [0.717, 1.165) is 17.5 Å². The number of benzene rings is 2. The maximum Gasteiger partial charge on any atom is 0.410 e. The number of carbonyl (C=O) groups excluding carboxylic acids is 7. The van der Waals surface area contributed by atoms with Crippen LogP contribution in [0.15, 0.2) is 60.7 Å². The van der Waals surface area contributed by atoms with Crippen LogP contribution in [0.25, 0.3) is 0 Å². The molecule has 0 radical (unpaired) electrons. The summed E-state index contributed by atoms with van der Waals surface area (Å²) in [6.07, 6.45) is 1.19. The fourth-order valence-corrected chi connectivity index (χ4v) is 8.33. The molecule has 3 rings (SSSR count). The number of aliphatic hydroxyl groups excluding tert-OH is 1. The van der Waals surface area contributed by atoms with E-state index in [9.17, 15) is 38.7 Å². The molecule has 0 bridgehead atoms. The molecule has 2 aromatic carbocycles. The van der Waals surface area contributed by atoms with E-state index in [1.54, 1.807) is 20.8 Å².